The number of benzene rings is 2. The van der Waals surface area contributed by atoms with Gasteiger partial charge in [0.2, 0.25) is 5.88 Å². The summed E-state index contributed by atoms with van der Waals surface area (Å²) in [6, 6.07) is 19.6. The van der Waals surface area contributed by atoms with Gasteiger partial charge in [-0.1, -0.05) is 29.8 Å². The van der Waals surface area contributed by atoms with Crippen molar-refractivity contribution in [1.82, 2.24) is 10.3 Å². The van der Waals surface area contributed by atoms with Crippen LogP contribution in [0.15, 0.2) is 72.9 Å². The second-order valence-electron chi connectivity index (χ2n) is 5.23. The van der Waals surface area contributed by atoms with Gasteiger partial charge in [-0.2, -0.15) is 0 Å². The van der Waals surface area contributed by atoms with Crippen molar-refractivity contribution in [2.45, 2.75) is 6.54 Å². The molecule has 0 bridgehead atoms. The predicted octanol–water partition coefficient (Wildman–Crippen LogP) is 4.85. The summed E-state index contributed by atoms with van der Waals surface area (Å²) in [6.07, 6.45) is 1.67. The highest BCUT2D eigenvalue weighted by atomic mass is 35.5. The molecule has 0 unspecified atom stereocenters. The number of ether oxygens (including phenoxy) is 1. The molecule has 0 aliphatic carbocycles. The smallest absolute Gasteiger partial charge is 0.319 e. The Labute approximate surface area is 150 Å². The summed E-state index contributed by atoms with van der Waals surface area (Å²) in [5.74, 6) is 1.18. The van der Waals surface area contributed by atoms with Gasteiger partial charge in [-0.15, -0.1) is 0 Å². The van der Waals surface area contributed by atoms with Gasteiger partial charge >= 0.3 is 6.03 Å². The van der Waals surface area contributed by atoms with Crippen LogP contribution in [-0.4, -0.2) is 11.0 Å². The zero-order valence-corrected chi connectivity index (χ0v) is 14.0. The maximum atomic E-state index is 12.0. The number of hydrogen-bond donors (Lipinski definition) is 2. The number of hydrogen-bond acceptors (Lipinski definition) is 3. The molecule has 0 aliphatic rings. The number of nitrogens with one attached hydrogen (secondary N) is 2. The van der Waals surface area contributed by atoms with Crippen molar-refractivity contribution < 1.29 is 9.53 Å². The minimum absolute atomic E-state index is 0.293. The highest BCUT2D eigenvalue weighted by Gasteiger charge is 2.04. The molecule has 5 nitrogen and oxygen atoms in total. The number of rotatable bonds is 5. The molecule has 0 saturated heterocycles. The Morgan fingerprint density at radius 2 is 1.88 bits per heavy atom. The lowest BCUT2D eigenvalue weighted by atomic mass is 10.2. The molecule has 0 aliphatic heterocycles. The lowest BCUT2D eigenvalue weighted by Gasteiger charge is -2.09. The molecule has 6 heteroatoms. The minimum atomic E-state index is -0.293. The maximum Gasteiger partial charge on any atom is 0.319 e. The van der Waals surface area contributed by atoms with Crippen LogP contribution < -0.4 is 15.4 Å². The zero-order valence-electron chi connectivity index (χ0n) is 13.3. The van der Waals surface area contributed by atoms with Gasteiger partial charge in [0, 0.05) is 29.5 Å². The third-order valence-electron chi connectivity index (χ3n) is 3.31. The van der Waals surface area contributed by atoms with Gasteiger partial charge in [0.25, 0.3) is 0 Å². The van der Waals surface area contributed by atoms with E-state index in [4.69, 9.17) is 16.3 Å². The van der Waals surface area contributed by atoms with E-state index in [0.717, 1.165) is 5.56 Å². The van der Waals surface area contributed by atoms with Gasteiger partial charge in [-0.25, -0.2) is 9.78 Å². The maximum absolute atomic E-state index is 12.0. The first-order chi connectivity index (χ1) is 12.2. The monoisotopic (exact) mass is 353 g/mol. The number of amides is 2. The van der Waals surface area contributed by atoms with Gasteiger partial charge in [0.15, 0.2) is 0 Å². The molecule has 2 aromatic carbocycles. The third-order valence-corrected chi connectivity index (χ3v) is 3.57. The molecule has 0 saturated carbocycles. The van der Waals surface area contributed by atoms with Crippen LogP contribution in [0, 0.1) is 0 Å². The molecule has 25 heavy (non-hydrogen) atoms. The lowest BCUT2D eigenvalue weighted by molar-refractivity contribution is 0.251. The number of anilines is 1. The van der Waals surface area contributed by atoms with Crippen LogP contribution in [-0.2, 0) is 6.54 Å². The molecule has 0 radical (unpaired) electrons. The summed E-state index contributed by atoms with van der Waals surface area (Å²) in [5, 5.41) is 6.16. The van der Waals surface area contributed by atoms with Crippen molar-refractivity contribution in [2.24, 2.45) is 0 Å². The number of halogens is 1. The molecule has 0 fully saturated rings. The first-order valence-corrected chi connectivity index (χ1v) is 8.05. The summed E-state index contributed by atoms with van der Waals surface area (Å²) < 4.78 is 5.68. The number of carbonyl (C=O) groups excluding carboxylic acids is 1. The van der Waals surface area contributed by atoms with E-state index in [1.54, 1.807) is 36.5 Å². The van der Waals surface area contributed by atoms with Crippen molar-refractivity contribution in [2.75, 3.05) is 5.32 Å². The Kier molecular flexibility index (Phi) is 5.49. The molecule has 1 heterocycles. The van der Waals surface area contributed by atoms with Crippen molar-refractivity contribution in [3.05, 3.63) is 83.5 Å². The molecule has 2 amide bonds. The van der Waals surface area contributed by atoms with E-state index in [9.17, 15) is 4.79 Å². The number of carbonyl (C=O) groups is 1. The van der Waals surface area contributed by atoms with Crippen LogP contribution in [0.2, 0.25) is 5.02 Å². The molecular weight excluding hydrogens is 338 g/mol. The average molecular weight is 354 g/mol. The standard InChI is InChI=1S/C19H16ClN3O2/c20-15-7-9-16(10-8-15)23-19(24)22-13-14-4-3-5-17(12-14)25-18-6-1-2-11-21-18/h1-12H,13H2,(H2,22,23,24). The van der Waals surface area contributed by atoms with E-state index in [0.29, 0.717) is 28.9 Å². The van der Waals surface area contributed by atoms with Crippen LogP contribution in [0.4, 0.5) is 10.5 Å². The van der Waals surface area contributed by atoms with E-state index in [1.165, 1.54) is 0 Å². The van der Waals surface area contributed by atoms with Crippen LogP contribution in [0.1, 0.15) is 5.56 Å². The second-order valence-corrected chi connectivity index (χ2v) is 5.67. The van der Waals surface area contributed by atoms with E-state index in [2.05, 4.69) is 15.6 Å². The number of pyridine rings is 1. The molecule has 2 N–H and O–H groups in total. The first kappa shape index (κ1) is 16.8. The average Bonchev–Trinajstić information content (AvgIpc) is 2.63. The van der Waals surface area contributed by atoms with Crippen LogP contribution in [0.3, 0.4) is 0 Å². The summed E-state index contributed by atoms with van der Waals surface area (Å²) in [5.41, 5.74) is 1.59. The Balaban J connectivity index is 1.55. The minimum Gasteiger partial charge on any atom is -0.439 e. The van der Waals surface area contributed by atoms with Crippen LogP contribution in [0.25, 0.3) is 0 Å². The fraction of sp³-hybridized carbons (Fsp3) is 0.0526. The van der Waals surface area contributed by atoms with Crippen LogP contribution >= 0.6 is 11.6 Å². The van der Waals surface area contributed by atoms with Gasteiger partial charge in [-0.3, -0.25) is 0 Å². The quantitative estimate of drug-likeness (QED) is 0.689. The Bertz CT molecular complexity index is 839. The van der Waals surface area contributed by atoms with Crippen molar-refractivity contribution in [3.8, 4) is 11.6 Å². The Hall–Kier alpha value is -3.05. The van der Waals surface area contributed by atoms with E-state index in [-0.39, 0.29) is 6.03 Å². The fourth-order valence-electron chi connectivity index (χ4n) is 2.14. The Morgan fingerprint density at radius 1 is 1.04 bits per heavy atom. The number of aromatic nitrogens is 1. The highest BCUT2D eigenvalue weighted by Crippen LogP contribution is 2.20. The topological polar surface area (TPSA) is 63.2 Å². The van der Waals surface area contributed by atoms with E-state index >= 15 is 0 Å². The molecule has 3 rings (SSSR count). The second kappa shape index (κ2) is 8.17. The summed E-state index contributed by atoms with van der Waals surface area (Å²) in [4.78, 5) is 16.1. The summed E-state index contributed by atoms with van der Waals surface area (Å²) in [6.45, 7) is 0.374. The molecule has 0 atom stereocenters. The highest BCUT2D eigenvalue weighted by molar-refractivity contribution is 6.30. The normalized spacial score (nSPS) is 10.1. The van der Waals surface area contributed by atoms with Gasteiger partial charge in [0.1, 0.15) is 5.75 Å². The van der Waals surface area contributed by atoms with Crippen molar-refractivity contribution in [1.29, 1.82) is 0 Å². The summed E-state index contributed by atoms with van der Waals surface area (Å²) in [7, 11) is 0. The fourth-order valence-corrected chi connectivity index (χ4v) is 2.26. The Morgan fingerprint density at radius 3 is 2.64 bits per heavy atom. The van der Waals surface area contributed by atoms with Crippen LogP contribution in [0.5, 0.6) is 11.6 Å². The van der Waals surface area contributed by atoms with Gasteiger partial charge in [0.05, 0.1) is 0 Å². The van der Waals surface area contributed by atoms with Gasteiger partial charge < -0.3 is 15.4 Å². The van der Waals surface area contributed by atoms with E-state index in [1.807, 2.05) is 36.4 Å². The molecule has 0 spiro atoms. The van der Waals surface area contributed by atoms with E-state index < -0.39 is 0 Å². The SMILES string of the molecule is O=C(NCc1cccc(Oc2ccccn2)c1)Nc1ccc(Cl)cc1. The summed E-state index contributed by atoms with van der Waals surface area (Å²) >= 11 is 5.82. The molecule has 1 aromatic heterocycles. The zero-order chi connectivity index (χ0) is 17.5. The first-order valence-electron chi connectivity index (χ1n) is 7.67. The molecule has 126 valence electrons. The molecular formula is C19H16ClN3O2. The number of nitrogens with zero attached hydrogens (tertiary/aromatic N) is 1. The third kappa shape index (κ3) is 5.22. The number of urea groups is 1. The predicted molar refractivity (Wildman–Crippen MR) is 98.1 cm³/mol. The van der Waals surface area contributed by atoms with Gasteiger partial charge in [-0.05, 0) is 48.0 Å². The lowest BCUT2D eigenvalue weighted by Crippen LogP contribution is -2.28. The van der Waals surface area contributed by atoms with Crippen molar-refractivity contribution in [3.63, 3.8) is 0 Å². The molecule has 3 aromatic rings. The largest absolute Gasteiger partial charge is 0.439 e. The van der Waals surface area contributed by atoms with Crippen molar-refractivity contribution >= 4 is 23.3 Å².